The average molecular weight is 204 g/mol. The number of nitrogens with zero attached hydrogens (tertiary/aromatic N) is 2. The highest BCUT2D eigenvalue weighted by molar-refractivity contribution is 5.64. The molecule has 15 heavy (non-hydrogen) atoms. The Bertz CT molecular complexity index is 457. The summed E-state index contributed by atoms with van der Waals surface area (Å²) in [6.45, 7) is 4.85. The van der Waals surface area contributed by atoms with E-state index in [9.17, 15) is 4.39 Å². The minimum Gasteiger partial charge on any atom is -0.272 e. The Morgan fingerprint density at radius 3 is 2.47 bits per heavy atom. The number of aryl methyl sites for hydroxylation is 2. The van der Waals surface area contributed by atoms with Crippen molar-refractivity contribution in [3.63, 3.8) is 0 Å². The molecule has 0 aliphatic heterocycles. The molecule has 0 saturated carbocycles. The highest BCUT2D eigenvalue weighted by atomic mass is 19.1. The molecule has 78 valence electrons. The lowest BCUT2D eigenvalue weighted by Gasteiger charge is -1.97. The van der Waals surface area contributed by atoms with E-state index < -0.39 is 0 Å². The Morgan fingerprint density at radius 1 is 1.27 bits per heavy atom. The van der Waals surface area contributed by atoms with Crippen molar-refractivity contribution in [3.8, 4) is 11.1 Å². The van der Waals surface area contributed by atoms with Crippen molar-refractivity contribution in [2.75, 3.05) is 0 Å². The zero-order valence-electron chi connectivity index (χ0n) is 8.87. The standard InChI is InChI=1S/C12H13FN2/c1-3-15-8-12(9(2)14-15)10-4-6-11(13)7-5-10/h4-8H,3H2,1-2H3. The summed E-state index contributed by atoms with van der Waals surface area (Å²) in [4.78, 5) is 0. The molecule has 0 spiro atoms. The molecule has 0 fully saturated rings. The maximum Gasteiger partial charge on any atom is 0.123 e. The number of benzene rings is 1. The van der Waals surface area contributed by atoms with E-state index in [-0.39, 0.29) is 5.82 Å². The third-order valence-corrected chi connectivity index (χ3v) is 2.43. The van der Waals surface area contributed by atoms with Crippen molar-refractivity contribution in [1.29, 1.82) is 0 Å². The Morgan fingerprint density at radius 2 is 1.93 bits per heavy atom. The maximum atomic E-state index is 12.8. The van der Waals surface area contributed by atoms with Gasteiger partial charge in [0.1, 0.15) is 5.82 Å². The van der Waals surface area contributed by atoms with Crippen LogP contribution in [0.4, 0.5) is 4.39 Å². The first kappa shape index (κ1) is 9.90. The molecule has 2 rings (SSSR count). The molecular formula is C12H13FN2. The third-order valence-electron chi connectivity index (χ3n) is 2.43. The van der Waals surface area contributed by atoms with Gasteiger partial charge in [0, 0.05) is 18.3 Å². The second kappa shape index (κ2) is 3.85. The lowest BCUT2D eigenvalue weighted by Crippen LogP contribution is -1.93. The smallest absolute Gasteiger partial charge is 0.123 e. The Labute approximate surface area is 88.4 Å². The van der Waals surface area contributed by atoms with E-state index in [4.69, 9.17) is 0 Å². The Kier molecular flexibility index (Phi) is 2.54. The van der Waals surface area contributed by atoms with Crippen molar-refractivity contribution < 1.29 is 4.39 Å². The molecule has 1 heterocycles. The summed E-state index contributed by atoms with van der Waals surface area (Å²) in [7, 11) is 0. The SMILES string of the molecule is CCn1cc(-c2ccc(F)cc2)c(C)n1. The molecule has 0 unspecified atom stereocenters. The molecule has 0 radical (unpaired) electrons. The van der Waals surface area contributed by atoms with Gasteiger partial charge in [-0.3, -0.25) is 4.68 Å². The fourth-order valence-corrected chi connectivity index (χ4v) is 1.59. The summed E-state index contributed by atoms with van der Waals surface area (Å²) in [6, 6.07) is 6.49. The van der Waals surface area contributed by atoms with Crippen LogP contribution in [-0.4, -0.2) is 9.78 Å². The first-order valence-corrected chi connectivity index (χ1v) is 5.00. The number of halogens is 1. The average Bonchev–Trinajstić information content (AvgIpc) is 2.61. The summed E-state index contributed by atoms with van der Waals surface area (Å²) < 4.78 is 14.6. The van der Waals surface area contributed by atoms with E-state index in [2.05, 4.69) is 5.10 Å². The van der Waals surface area contributed by atoms with Crippen molar-refractivity contribution >= 4 is 0 Å². The van der Waals surface area contributed by atoms with E-state index in [1.54, 1.807) is 12.1 Å². The molecule has 2 nitrogen and oxygen atoms in total. The Balaban J connectivity index is 2.44. The molecule has 0 bridgehead atoms. The monoisotopic (exact) mass is 204 g/mol. The molecular weight excluding hydrogens is 191 g/mol. The van der Waals surface area contributed by atoms with Gasteiger partial charge in [0.2, 0.25) is 0 Å². The molecule has 1 aromatic carbocycles. The predicted molar refractivity (Wildman–Crippen MR) is 58.0 cm³/mol. The largest absolute Gasteiger partial charge is 0.272 e. The minimum absolute atomic E-state index is 0.209. The van der Waals surface area contributed by atoms with Crippen LogP contribution in [0.2, 0.25) is 0 Å². The molecule has 3 heteroatoms. The molecule has 1 aromatic heterocycles. The number of rotatable bonds is 2. The van der Waals surface area contributed by atoms with Crippen LogP contribution in [0.15, 0.2) is 30.5 Å². The van der Waals surface area contributed by atoms with E-state index >= 15 is 0 Å². The zero-order valence-corrected chi connectivity index (χ0v) is 8.87. The Hall–Kier alpha value is -1.64. The van der Waals surface area contributed by atoms with Gasteiger partial charge in [-0.15, -0.1) is 0 Å². The van der Waals surface area contributed by atoms with Gasteiger partial charge in [-0.05, 0) is 31.5 Å². The predicted octanol–water partition coefficient (Wildman–Crippen LogP) is 3.02. The van der Waals surface area contributed by atoms with Crippen molar-refractivity contribution in [2.24, 2.45) is 0 Å². The second-order valence-corrected chi connectivity index (χ2v) is 3.49. The van der Waals surface area contributed by atoms with E-state index in [1.165, 1.54) is 12.1 Å². The molecule has 2 aromatic rings. The quantitative estimate of drug-likeness (QED) is 0.735. The van der Waals surface area contributed by atoms with Gasteiger partial charge in [0.15, 0.2) is 0 Å². The zero-order chi connectivity index (χ0) is 10.8. The summed E-state index contributed by atoms with van der Waals surface area (Å²) in [6.07, 6.45) is 1.99. The third kappa shape index (κ3) is 1.91. The fraction of sp³-hybridized carbons (Fsp3) is 0.250. The van der Waals surface area contributed by atoms with E-state index in [1.807, 2.05) is 24.7 Å². The molecule has 0 atom stereocenters. The van der Waals surface area contributed by atoms with Crippen LogP contribution < -0.4 is 0 Å². The molecule has 0 aliphatic rings. The summed E-state index contributed by atoms with van der Waals surface area (Å²) in [5.41, 5.74) is 3.05. The first-order valence-electron chi connectivity index (χ1n) is 5.00. The van der Waals surface area contributed by atoms with Crippen molar-refractivity contribution in [2.45, 2.75) is 20.4 Å². The first-order chi connectivity index (χ1) is 7.20. The second-order valence-electron chi connectivity index (χ2n) is 3.49. The summed E-state index contributed by atoms with van der Waals surface area (Å²) in [5.74, 6) is -0.209. The van der Waals surface area contributed by atoms with Crippen LogP contribution in [0, 0.1) is 12.7 Å². The summed E-state index contributed by atoms with van der Waals surface area (Å²) >= 11 is 0. The van der Waals surface area contributed by atoms with Gasteiger partial charge in [-0.2, -0.15) is 5.10 Å². The lowest BCUT2D eigenvalue weighted by molar-refractivity contribution is 0.628. The maximum absolute atomic E-state index is 12.8. The normalized spacial score (nSPS) is 10.6. The minimum atomic E-state index is -0.209. The molecule has 0 amide bonds. The van der Waals surface area contributed by atoms with Crippen LogP contribution in [0.1, 0.15) is 12.6 Å². The van der Waals surface area contributed by atoms with Gasteiger partial charge in [-0.25, -0.2) is 4.39 Å². The number of hydrogen-bond acceptors (Lipinski definition) is 1. The van der Waals surface area contributed by atoms with Crippen molar-refractivity contribution in [3.05, 3.63) is 42.0 Å². The lowest BCUT2D eigenvalue weighted by atomic mass is 10.1. The van der Waals surface area contributed by atoms with Crippen LogP contribution in [0.5, 0.6) is 0 Å². The van der Waals surface area contributed by atoms with Gasteiger partial charge in [0.25, 0.3) is 0 Å². The number of aromatic nitrogens is 2. The van der Waals surface area contributed by atoms with Crippen LogP contribution in [0.25, 0.3) is 11.1 Å². The molecule has 0 aliphatic carbocycles. The highest BCUT2D eigenvalue weighted by Gasteiger charge is 2.06. The van der Waals surface area contributed by atoms with Crippen LogP contribution >= 0.6 is 0 Å². The van der Waals surface area contributed by atoms with Gasteiger partial charge in [-0.1, -0.05) is 12.1 Å². The van der Waals surface area contributed by atoms with Crippen LogP contribution in [-0.2, 0) is 6.54 Å². The molecule has 0 saturated heterocycles. The number of hydrogen-bond donors (Lipinski definition) is 0. The van der Waals surface area contributed by atoms with E-state index in [0.717, 1.165) is 23.4 Å². The highest BCUT2D eigenvalue weighted by Crippen LogP contribution is 2.22. The van der Waals surface area contributed by atoms with Crippen molar-refractivity contribution in [1.82, 2.24) is 9.78 Å². The summed E-state index contributed by atoms with van der Waals surface area (Å²) in [5, 5.41) is 4.35. The topological polar surface area (TPSA) is 17.8 Å². The fourth-order valence-electron chi connectivity index (χ4n) is 1.59. The van der Waals surface area contributed by atoms with Gasteiger partial charge in [0.05, 0.1) is 5.69 Å². The van der Waals surface area contributed by atoms with E-state index in [0.29, 0.717) is 0 Å². The molecule has 0 N–H and O–H groups in total. The van der Waals surface area contributed by atoms with Gasteiger partial charge < -0.3 is 0 Å². The van der Waals surface area contributed by atoms with Crippen LogP contribution in [0.3, 0.4) is 0 Å². The van der Waals surface area contributed by atoms with Gasteiger partial charge >= 0.3 is 0 Å².